The maximum Gasteiger partial charge on any atom is 0.339 e. The second kappa shape index (κ2) is 6.32. The van der Waals surface area contributed by atoms with E-state index in [4.69, 9.17) is 4.74 Å². The molecule has 2 aromatic rings. The van der Waals surface area contributed by atoms with Crippen molar-refractivity contribution in [3.63, 3.8) is 0 Å². The Morgan fingerprint density at radius 3 is 2.74 bits per heavy atom. The van der Waals surface area contributed by atoms with Crippen LogP contribution in [-0.2, 0) is 4.74 Å². The first-order valence-electron chi connectivity index (χ1n) is 5.82. The molecule has 2 rings (SSSR count). The molecule has 0 radical (unpaired) electrons. The van der Waals surface area contributed by atoms with Gasteiger partial charge in [0, 0.05) is 0 Å². The predicted molar refractivity (Wildman–Crippen MR) is 78.5 cm³/mol. The smallest absolute Gasteiger partial charge is 0.339 e. The van der Waals surface area contributed by atoms with Crippen molar-refractivity contribution in [3.8, 4) is 0 Å². The number of aliphatic hydroxyl groups is 1. The lowest BCUT2D eigenvalue weighted by molar-refractivity contribution is 0.0522. The number of hydrogen-bond donors (Lipinski definition) is 1. The molecular formula is C14H13BrO3S. The van der Waals surface area contributed by atoms with Gasteiger partial charge in [-0.2, -0.15) is 0 Å². The molecule has 1 aromatic carbocycles. The van der Waals surface area contributed by atoms with Crippen molar-refractivity contribution >= 4 is 33.2 Å². The number of esters is 1. The molecule has 0 aliphatic carbocycles. The minimum absolute atomic E-state index is 0.313. The number of carbonyl (C=O) groups is 1. The quantitative estimate of drug-likeness (QED) is 0.861. The third kappa shape index (κ3) is 3.23. The zero-order chi connectivity index (χ0) is 13.8. The Bertz CT molecular complexity index is 565. The molecule has 19 heavy (non-hydrogen) atoms. The molecule has 0 saturated carbocycles. The van der Waals surface area contributed by atoms with Crippen LogP contribution in [0.15, 0.2) is 40.2 Å². The minimum Gasteiger partial charge on any atom is -0.462 e. The van der Waals surface area contributed by atoms with Crippen LogP contribution in [0.4, 0.5) is 0 Å². The third-order valence-electron chi connectivity index (χ3n) is 2.59. The lowest BCUT2D eigenvalue weighted by Gasteiger charge is -2.11. The molecule has 1 atom stereocenters. The Morgan fingerprint density at radius 1 is 1.42 bits per heavy atom. The van der Waals surface area contributed by atoms with Gasteiger partial charge in [0.2, 0.25) is 0 Å². The van der Waals surface area contributed by atoms with Gasteiger partial charge in [0.25, 0.3) is 0 Å². The number of benzene rings is 1. The monoisotopic (exact) mass is 340 g/mol. The van der Waals surface area contributed by atoms with Crippen LogP contribution in [0.2, 0.25) is 0 Å². The third-order valence-corrected chi connectivity index (χ3v) is 4.28. The molecule has 1 unspecified atom stereocenters. The molecule has 0 aliphatic heterocycles. The van der Waals surface area contributed by atoms with Crippen molar-refractivity contribution in [3.05, 3.63) is 56.2 Å². The predicted octanol–water partition coefficient (Wildman–Crippen LogP) is 3.77. The van der Waals surface area contributed by atoms with E-state index in [1.54, 1.807) is 13.0 Å². The number of hydrogen-bond acceptors (Lipinski definition) is 4. The molecular weight excluding hydrogens is 328 g/mol. The summed E-state index contributed by atoms with van der Waals surface area (Å²) in [4.78, 5) is 12.5. The average Bonchev–Trinajstić information content (AvgIpc) is 2.81. The van der Waals surface area contributed by atoms with Crippen LogP contribution in [0.1, 0.15) is 33.8 Å². The van der Waals surface area contributed by atoms with Crippen molar-refractivity contribution < 1.29 is 14.6 Å². The summed E-state index contributed by atoms with van der Waals surface area (Å²) in [6.07, 6.45) is -0.822. The van der Waals surface area contributed by atoms with E-state index in [-0.39, 0.29) is 0 Å². The first-order valence-corrected chi connectivity index (χ1v) is 7.43. The standard InChI is InChI=1S/C14H13BrO3S/c1-2-18-14(17)10-8-11(15)19-13(10)12(16)9-6-4-3-5-7-9/h3-8,12,16H,2H2,1H3. The summed E-state index contributed by atoms with van der Waals surface area (Å²) in [6, 6.07) is 10.9. The highest BCUT2D eigenvalue weighted by molar-refractivity contribution is 9.11. The first kappa shape index (κ1) is 14.2. The van der Waals surface area contributed by atoms with Gasteiger partial charge >= 0.3 is 5.97 Å². The van der Waals surface area contributed by atoms with Gasteiger partial charge in [-0.3, -0.25) is 0 Å². The van der Waals surface area contributed by atoms with E-state index in [1.165, 1.54) is 11.3 Å². The molecule has 1 heterocycles. The van der Waals surface area contributed by atoms with Gasteiger partial charge in [0.05, 0.1) is 20.8 Å². The van der Waals surface area contributed by atoms with E-state index in [9.17, 15) is 9.90 Å². The molecule has 100 valence electrons. The summed E-state index contributed by atoms with van der Waals surface area (Å²) < 4.78 is 5.80. The van der Waals surface area contributed by atoms with Gasteiger partial charge in [0.1, 0.15) is 6.10 Å². The summed E-state index contributed by atoms with van der Waals surface area (Å²) in [5, 5.41) is 10.4. The van der Waals surface area contributed by atoms with Crippen LogP contribution in [0, 0.1) is 0 Å². The number of thiophene rings is 1. The van der Waals surface area contributed by atoms with Gasteiger partial charge in [-0.05, 0) is 34.5 Å². The zero-order valence-corrected chi connectivity index (χ0v) is 12.7. The maximum atomic E-state index is 11.9. The number of carbonyl (C=O) groups excluding carboxylic acids is 1. The molecule has 0 saturated heterocycles. The van der Waals surface area contributed by atoms with Crippen LogP contribution in [-0.4, -0.2) is 17.7 Å². The Labute approximate surface area is 124 Å². The summed E-state index contributed by atoms with van der Waals surface area (Å²) >= 11 is 4.68. The highest BCUT2D eigenvalue weighted by Crippen LogP contribution is 2.35. The zero-order valence-electron chi connectivity index (χ0n) is 10.3. The molecule has 1 N–H and O–H groups in total. The topological polar surface area (TPSA) is 46.5 Å². The van der Waals surface area contributed by atoms with Gasteiger partial charge < -0.3 is 9.84 Å². The van der Waals surface area contributed by atoms with Gasteiger partial charge in [0.15, 0.2) is 0 Å². The van der Waals surface area contributed by atoms with E-state index in [1.807, 2.05) is 30.3 Å². The van der Waals surface area contributed by atoms with Gasteiger partial charge in [-0.1, -0.05) is 30.3 Å². The number of aliphatic hydroxyl groups excluding tert-OH is 1. The van der Waals surface area contributed by atoms with Gasteiger partial charge in [-0.15, -0.1) is 11.3 Å². The SMILES string of the molecule is CCOC(=O)c1cc(Br)sc1C(O)c1ccccc1. The minimum atomic E-state index is -0.822. The molecule has 3 nitrogen and oxygen atoms in total. The lowest BCUT2D eigenvalue weighted by atomic mass is 10.1. The molecule has 0 spiro atoms. The summed E-state index contributed by atoms with van der Waals surface area (Å²) in [7, 11) is 0. The van der Waals surface area contributed by atoms with Crippen molar-refractivity contribution in [1.29, 1.82) is 0 Å². The summed E-state index contributed by atoms with van der Waals surface area (Å²) in [5.41, 5.74) is 1.16. The lowest BCUT2D eigenvalue weighted by Crippen LogP contribution is -2.08. The molecule has 0 aliphatic rings. The van der Waals surface area contributed by atoms with E-state index in [2.05, 4.69) is 15.9 Å². The normalized spacial score (nSPS) is 12.2. The van der Waals surface area contributed by atoms with Crippen LogP contribution in [0.25, 0.3) is 0 Å². The van der Waals surface area contributed by atoms with Crippen molar-refractivity contribution in [1.82, 2.24) is 0 Å². The summed E-state index contributed by atoms with van der Waals surface area (Å²) in [6.45, 7) is 2.07. The second-order valence-corrected chi connectivity index (χ2v) is 6.33. The van der Waals surface area contributed by atoms with Crippen molar-refractivity contribution in [2.45, 2.75) is 13.0 Å². The average molecular weight is 341 g/mol. The first-order chi connectivity index (χ1) is 9.13. The van der Waals surface area contributed by atoms with Gasteiger partial charge in [-0.25, -0.2) is 4.79 Å². The second-order valence-electron chi connectivity index (χ2n) is 3.86. The fourth-order valence-corrected chi connectivity index (χ4v) is 3.37. The Morgan fingerprint density at radius 2 is 2.11 bits per heavy atom. The fourth-order valence-electron chi connectivity index (χ4n) is 1.73. The van der Waals surface area contributed by atoms with E-state index >= 15 is 0 Å². The molecule has 0 amide bonds. The van der Waals surface area contributed by atoms with Crippen LogP contribution >= 0.6 is 27.3 Å². The molecule has 1 aromatic heterocycles. The van der Waals surface area contributed by atoms with Crippen molar-refractivity contribution in [2.24, 2.45) is 0 Å². The van der Waals surface area contributed by atoms with E-state index < -0.39 is 12.1 Å². The number of halogens is 1. The Hall–Kier alpha value is -1.17. The van der Waals surface area contributed by atoms with Crippen LogP contribution in [0.3, 0.4) is 0 Å². The van der Waals surface area contributed by atoms with Crippen LogP contribution < -0.4 is 0 Å². The molecule has 5 heteroatoms. The fraction of sp³-hybridized carbons (Fsp3) is 0.214. The molecule has 0 bridgehead atoms. The highest BCUT2D eigenvalue weighted by atomic mass is 79.9. The van der Waals surface area contributed by atoms with E-state index in [0.717, 1.165) is 9.35 Å². The largest absolute Gasteiger partial charge is 0.462 e. The molecule has 0 fully saturated rings. The Balaban J connectivity index is 2.37. The number of ether oxygens (including phenoxy) is 1. The van der Waals surface area contributed by atoms with E-state index in [0.29, 0.717) is 17.0 Å². The number of rotatable bonds is 4. The highest BCUT2D eigenvalue weighted by Gasteiger charge is 2.23. The van der Waals surface area contributed by atoms with Crippen molar-refractivity contribution in [2.75, 3.05) is 6.61 Å². The van der Waals surface area contributed by atoms with Crippen LogP contribution in [0.5, 0.6) is 0 Å². The summed E-state index contributed by atoms with van der Waals surface area (Å²) in [5.74, 6) is -0.408. The maximum absolute atomic E-state index is 11.9. The Kier molecular flexibility index (Phi) is 4.74.